The van der Waals surface area contributed by atoms with E-state index < -0.39 is 5.56 Å². The highest BCUT2D eigenvalue weighted by atomic mass is 16.2. The van der Waals surface area contributed by atoms with Gasteiger partial charge in [-0.1, -0.05) is 53.6 Å². The molecule has 4 heteroatoms. The molecule has 0 aliphatic carbocycles. The third kappa shape index (κ3) is 3.91. The summed E-state index contributed by atoms with van der Waals surface area (Å²) in [5.74, 6) is -0.380. The average molecular weight is 346 g/mol. The van der Waals surface area contributed by atoms with Gasteiger partial charge in [0.15, 0.2) is 0 Å². The summed E-state index contributed by atoms with van der Waals surface area (Å²) in [7, 11) is 0. The predicted molar refractivity (Wildman–Crippen MR) is 104 cm³/mol. The van der Waals surface area contributed by atoms with Crippen LogP contribution in [0.1, 0.15) is 40.0 Å². The highest BCUT2D eigenvalue weighted by Crippen LogP contribution is 2.17. The van der Waals surface area contributed by atoms with E-state index >= 15 is 0 Å². The molecule has 1 amide bonds. The molecular formula is C22H22N2O2. The van der Waals surface area contributed by atoms with Crippen molar-refractivity contribution in [1.29, 1.82) is 0 Å². The summed E-state index contributed by atoms with van der Waals surface area (Å²) in [6.07, 6.45) is 0. The smallest absolute Gasteiger partial charge is 0.261 e. The van der Waals surface area contributed by atoms with Crippen molar-refractivity contribution < 1.29 is 4.79 Å². The number of nitrogens with one attached hydrogen (secondary N) is 2. The fourth-order valence-electron chi connectivity index (χ4n) is 2.85. The first-order valence-electron chi connectivity index (χ1n) is 8.62. The van der Waals surface area contributed by atoms with Gasteiger partial charge in [-0.2, -0.15) is 0 Å². The normalized spacial score (nSPS) is 11.8. The maximum Gasteiger partial charge on any atom is 0.261 e. The van der Waals surface area contributed by atoms with Gasteiger partial charge >= 0.3 is 0 Å². The van der Waals surface area contributed by atoms with Crippen molar-refractivity contribution in [1.82, 2.24) is 10.3 Å². The molecule has 1 unspecified atom stereocenters. The van der Waals surface area contributed by atoms with E-state index in [4.69, 9.17) is 0 Å². The van der Waals surface area contributed by atoms with Gasteiger partial charge in [0.05, 0.1) is 6.04 Å². The van der Waals surface area contributed by atoms with E-state index in [9.17, 15) is 9.59 Å². The van der Waals surface area contributed by atoms with Gasteiger partial charge in [-0.3, -0.25) is 9.59 Å². The van der Waals surface area contributed by atoms with Gasteiger partial charge in [0, 0.05) is 5.69 Å². The molecule has 0 aliphatic heterocycles. The molecule has 1 aromatic heterocycles. The van der Waals surface area contributed by atoms with Crippen molar-refractivity contribution in [2.45, 2.75) is 26.8 Å². The second kappa shape index (κ2) is 7.40. The summed E-state index contributed by atoms with van der Waals surface area (Å²) < 4.78 is 0. The summed E-state index contributed by atoms with van der Waals surface area (Å²) in [5, 5.41) is 2.88. The number of pyridine rings is 1. The molecule has 0 spiro atoms. The van der Waals surface area contributed by atoms with Crippen LogP contribution in [0, 0.1) is 13.8 Å². The topological polar surface area (TPSA) is 62.0 Å². The maximum atomic E-state index is 12.5. The van der Waals surface area contributed by atoms with Crippen LogP contribution in [0.5, 0.6) is 0 Å². The quantitative estimate of drug-likeness (QED) is 0.745. The SMILES string of the molecule is Cc1ccc(C(C)NC(=O)c2ccc(-c3cccc(C)c3)[nH]c2=O)cc1. The fourth-order valence-corrected chi connectivity index (χ4v) is 2.85. The van der Waals surface area contributed by atoms with E-state index in [1.54, 1.807) is 12.1 Å². The summed E-state index contributed by atoms with van der Waals surface area (Å²) in [6, 6.07) is 19.0. The van der Waals surface area contributed by atoms with Crippen LogP contribution in [0.25, 0.3) is 11.3 Å². The lowest BCUT2D eigenvalue weighted by atomic mass is 10.1. The molecule has 0 bridgehead atoms. The zero-order chi connectivity index (χ0) is 18.7. The third-order valence-electron chi connectivity index (χ3n) is 4.41. The van der Waals surface area contributed by atoms with Crippen LogP contribution in [0.15, 0.2) is 65.5 Å². The van der Waals surface area contributed by atoms with Crippen molar-refractivity contribution in [3.63, 3.8) is 0 Å². The second-order valence-electron chi connectivity index (χ2n) is 6.59. The molecule has 3 aromatic rings. The van der Waals surface area contributed by atoms with Crippen LogP contribution in [0.3, 0.4) is 0 Å². The zero-order valence-corrected chi connectivity index (χ0v) is 15.2. The zero-order valence-electron chi connectivity index (χ0n) is 15.2. The highest BCUT2D eigenvalue weighted by Gasteiger charge is 2.15. The molecule has 0 saturated carbocycles. The Hall–Kier alpha value is -3.14. The van der Waals surface area contributed by atoms with E-state index in [1.165, 1.54) is 0 Å². The molecule has 1 heterocycles. The minimum atomic E-state index is -0.391. The lowest BCUT2D eigenvalue weighted by Gasteiger charge is -2.14. The van der Waals surface area contributed by atoms with Crippen molar-refractivity contribution >= 4 is 5.91 Å². The first-order valence-corrected chi connectivity index (χ1v) is 8.62. The summed E-state index contributed by atoms with van der Waals surface area (Å²) in [5.41, 5.74) is 4.60. The van der Waals surface area contributed by atoms with Crippen LogP contribution in [-0.4, -0.2) is 10.9 Å². The van der Waals surface area contributed by atoms with E-state index in [1.807, 2.05) is 69.3 Å². The number of carbonyl (C=O) groups excluding carboxylic acids is 1. The van der Waals surface area contributed by atoms with Crippen molar-refractivity contribution in [3.8, 4) is 11.3 Å². The van der Waals surface area contributed by atoms with Gasteiger partial charge in [-0.05, 0) is 50.1 Å². The molecule has 2 N–H and O–H groups in total. The van der Waals surface area contributed by atoms with Crippen molar-refractivity contribution in [2.75, 3.05) is 0 Å². The van der Waals surface area contributed by atoms with Gasteiger partial charge in [0.25, 0.3) is 11.5 Å². The Labute approximate surface area is 152 Å². The van der Waals surface area contributed by atoms with Gasteiger partial charge < -0.3 is 10.3 Å². The number of aryl methyl sites for hydroxylation is 2. The lowest BCUT2D eigenvalue weighted by Crippen LogP contribution is -2.31. The third-order valence-corrected chi connectivity index (χ3v) is 4.41. The van der Waals surface area contributed by atoms with Gasteiger partial charge in [0.2, 0.25) is 0 Å². The summed E-state index contributed by atoms with van der Waals surface area (Å²) in [6.45, 7) is 5.91. The molecule has 0 saturated heterocycles. The van der Waals surface area contributed by atoms with Crippen LogP contribution in [-0.2, 0) is 0 Å². The lowest BCUT2D eigenvalue weighted by molar-refractivity contribution is 0.0938. The molecule has 1 atom stereocenters. The first-order chi connectivity index (χ1) is 12.4. The first kappa shape index (κ1) is 17.7. The Morgan fingerprint density at radius 2 is 1.69 bits per heavy atom. The standard InChI is InChI=1S/C22H22N2O2/c1-14-7-9-17(10-8-14)16(3)23-21(25)19-11-12-20(24-22(19)26)18-6-4-5-15(2)13-18/h4-13,16H,1-3H3,(H,23,25)(H,24,26). The Morgan fingerprint density at radius 3 is 2.35 bits per heavy atom. The number of H-pyrrole nitrogens is 1. The summed E-state index contributed by atoms with van der Waals surface area (Å²) >= 11 is 0. The number of aromatic nitrogens is 1. The van der Waals surface area contributed by atoms with E-state index in [-0.39, 0.29) is 17.5 Å². The molecule has 4 nitrogen and oxygen atoms in total. The minimum absolute atomic E-state index is 0.111. The Balaban J connectivity index is 1.79. The summed E-state index contributed by atoms with van der Waals surface area (Å²) in [4.78, 5) is 27.7. The van der Waals surface area contributed by atoms with Crippen LogP contribution in [0.2, 0.25) is 0 Å². The fraction of sp³-hybridized carbons (Fsp3) is 0.182. The van der Waals surface area contributed by atoms with Crippen molar-refractivity contribution in [3.05, 3.63) is 93.3 Å². The number of hydrogen-bond donors (Lipinski definition) is 2. The molecular weight excluding hydrogens is 324 g/mol. The largest absolute Gasteiger partial charge is 0.345 e. The molecule has 0 aliphatic rings. The van der Waals surface area contributed by atoms with Gasteiger partial charge in [0.1, 0.15) is 5.56 Å². The van der Waals surface area contributed by atoms with E-state index in [0.717, 1.165) is 22.3 Å². The Morgan fingerprint density at radius 1 is 0.962 bits per heavy atom. The molecule has 3 rings (SSSR count). The van der Waals surface area contributed by atoms with Crippen LogP contribution >= 0.6 is 0 Å². The number of carbonyl (C=O) groups is 1. The van der Waals surface area contributed by atoms with Gasteiger partial charge in [-0.15, -0.1) is 0 Å². The number of benzene rings is 2. The number of aromatic amines is 1. The second-order valence-corrected chi connectivity index (χ2v) is 6.59. The van der Waals surface area contributed by atoms with Crippen molar-refractivity contribution in [2.24, 2.45) is 0 Å². The van der Waals surface area contributed by atoms with E-state index in [2.05, 4.69) is 10.3 Å². The number of amides is 1. The Bertz CT molecular complexity index is 988. The number of rotatable bonds is 4. The molecule has 2 aromatic carbocycles. The molecule has 0 fully saturated rings. The molecule has 26 heavy (non-hydrogen) atoms. The molecule has 0 radical (unpaired) electrons. The van der Waals surface area contributed by atoms with Crippen LogP contribution in [0.4, 0.5) is 0 Å². The minimum Gasteiger partial charge on any atom is -0.345 e. The van der Waals surface area contributed by atoms with Gasteiger partial charge in [-0.25, -0.2) is 0 Å². The maximum absolute atomic E-state index is 12.5. The number of hydrogen-bond acceptors (Lipinski definition) is 2. The monoisotopic (exact) mass is 346 g/mol. The van der Waals surface area contributed by atoms with Crippen LogP contribution < -0.4 is 10.9 Å². The predicted octanol–water partition coefficient (Wildman–Crippen LogP) is 4.15. The Kier molecular flexibility index (Phi) is 5.03. The highest BCUT2D eigenvalue weighted by molar-refractivity contribution is 5.94. The average Bonchev–Trinajstić information content (AvgIpc) is 2.62. The van der Waals surface area contributed by atoms with E-state index in [0.29, 0.717) is 5.69 Å². The molecule has 132 valence electrons.